The van der Waals surface area contributed by atoms with Crippen LogP contribution in [0.25, 0.3) is 21.3 Å². The van der Waals surface area contributed by atoms with Crippen LogP contribution in [0.3, 0.4) is 0 Å². The maximum atomic E-state index is 13.0. The van der Waals surface area contributed by atoms with Crippen LogP contribution < -0.4 is 5.56 Å². The molecule has 0 bridgehead atoms. The van der Waals surface area contributed by atoms with Crippen LogP contribution in [0, 0.1) is 13.8 Å². The number of benzene rings is 1. The van der Waals surface area contributed by atoms with Gasteiger partial charge in [0, 0.05) is 10.9 Å². The zero-order chi connectivity index (χ0) is 18.3. The van der Waals surface area contributed by atoms with E-state index in [1.807, 2.05) is 22.9 Å². The largest absolute Gasteiger partial charge is 0.291 e. The monoisotopic (exact) mass is 380 g/mol. The number of Topliss-reactive ketones (excluding diaryl/α,β-unsaturated/α-hetero) is 1. The Morgan fingerprint density at radius 2 is 2.00 bits per heavy atom. The van der Waals surface area contributed by atoms with Gasteiger partial charge in [0.2, 0.25) is 0 Å². The molecule has 4 nitrogen and oxygen atoms in total. The number of carbonyl (C=O) groups is 1. The van der Waals surface area contributed by atoms with Crippen LogP contribution in [-0.2, 0) is 6.54 Å². The second-order valence-electron chi connectivity index (χ2n) is 6.21. The van der Waals surface area contributed by atoms with Crippen molar-refractivity contribution >= 4 is 38.7 Å². The standard InChI is InChI=1S/C20H16N2O2S2/c1-12-5-6-14(8-13(12)2)15-10-26-19-18(15)20(24)22(11-21-19)9-16(23)17-4-3-7-25-17/h3-8,10-11H,9H2,1-2H3. The Labute approximate surface area is 158 Å². The molecule has 130 valence electrons. The third kappa shape index (κ3) is 2.91. The lowest BCUT2D eigenvalue weighted by Crippen LogP contribution is -2.24. The van der Waals surface area contributed by atoms with Crippen molar-refractivity contribution in [1.82, 2.24) is 9.55 Å². The molecule has 0 radical (unpaired) electrons. The third-order valence-corrected chi connectivity index (χ3v) is 6.29. The van der Waals surface area contributed by atoms with E-state index in [2.05, 4.69) is 31.0 Å². The number of ketones is 1. The number of rotatable bonds is 4. The topological polar surface area (TPSA) is 52.0 Å². The van der Waals surface area contributed by atoms with Crippen LogP contribution in [0.1, 0.15) is 20.8 Å². The predicted octanol–water partition coefficient (Wildman–Crippen LogP) is 4.69. The van der Waals surface area contributed by atoms with Gasteiger partial charge in [0.05, 0.1) is 23.1 Å². The zero-order valence-electron chi connectivity index (χ0n) is 14.4. The summed E-state index contributed by atoms with van der Waals surface area (Å²) in [7, 11) is 0. The summed E-state index contributed by atoms with van der Waals surface area (Å²) in [5.74, 6) is -0.0776. The third-order valence-electron chi connectivity index (χ3n) is 4.49. The molecule has 1 aromatic carbocycles. The minimum absolute atomic E-state index is 0.00446. The Morgan fingerprint density at radius 3 is 2.73 bits per heavy atom. The van der Waals surface area contributed by atoms with E-state index in [4.69, 9.17) is 0 Å². The van der Waals surface area contributed by atoms with Crippen molar-refractivity contribution in [3.8, 4) is 11.1 Å². The average Bonchev–Trinajstić information content (AvgIpc) is 3.29. The second-order valence-corrected chi connectivity index (χ2v) is 8.01. The molecule has 0 aliphatic heterocycles. The Hall–Kier alpha value is -2.57. The highest BCUT2D eigenvalue weighted by atomic mass is 32.1. The van der Waals surface area contributed by atoms with Crippen LogP contribution in [-0.4, -0.2) is 15.3 Å². The van der Waals surface area contributed by atoms with Crippen molar-refractivity contribution < 1.29 is 4.79 Å². The summed E-state index contributed by atoms with van der Waals surface area (Å²) in [6.07, 6.45) is 1.47. The van der Waals surface area contributed by atoms with Crippen molar-refractivity contribution in [2.24, 2.45) is 0 Å². The Morgan fingerprint density at radius 1 is 1.15 bits per heavy atom. The summed E-state index contributed by atoms with van der Waals surface area (Å²) >= 11 is 2.83. The molecule has 0 N–H and O–H groups in total. The van der Waals surface area contributed by atoms with Crippen LogP contribution >= 0.6 is 22.7 Å². The van der Waals surface area contributed by atoms with Gasteiger partial charge in [-0.15, -0.1) is 22.7 Å². The van der Waals surface area contributed by atoms with Crippen LogP contribution in [0.2, 0.25) is 0 Å². The molecular weight excluding hydrogens is 364 g/mol. The molecular formula is C20H16N2O2S2. The van der Waals surface area contributed by atoms with Crippen LogP contribution in [0.4, 0.5) is 0 Å². The Balaban J connectivity index is 1.80. The van der Waals surface area contributed by atoms with Crippen molar-refractivity contribution in [2.45, 2.75) is 20.4 Å². The summed E-state index contributed by atoms with van der Waals surface area (Å²) in [4.78, 5) is 31.1. The molecule has 4 aromatic rings. The summed E-state index contributed by atoms with van der Waals surface area (Å²) < 4.78 is 1.40. The molecule has 0 saturated heterocycles. The Kier molecular flexibility index (Phi) is 4.30. The number of carbonyl (C=O) groups excluding carboxylic acids is 1. The molecule has 0 saturated carbocycles. The Bertz CT molecular complexity index is 1170. The van der Waals surface area contributed by atoms with Gasteiger partial charge in [-0.25, -0.2) is 4.98 Å². The first-order valence-corrected chi connectivity index (χ1v) is 9.91. The van der Waals surface area contributed by atoms with E-state index >= 15 is 0 Å². The maximum absolute atomic E-state index is 13.0. The van der Waals surface area contributed by atoms with Gasteiger partial charge in [0.15, 0.2) is 5.78 Å². The first kappa shape index (κ1) is 16.9. The number of aromatic nitrogens is 2. The van der Waals surface area contributed by atoms with Gasteiger partial charge >= 0.3 is 0 Å². The number of hydrogen-bond acceptors (Lipinski definition) is 5. The zero-order valence-corrected chi connectivity index (χ0v) is 16.0. The molecule has 0 amide bonds. The minimum atomic E-state index is -0.172. The van der Waals surface area contributed by atoms with Gasteiger partial charge in [0.25, 0.3) is 5.56 Å². The number of nitrogens with zero attached hydrogens (tertiary/aromatic N) is 2. The highest BCUT2D eigenvalue weighted by Crippen LogP contribution is 2.31. The molecule has 26 heavy (non-hydrogen) atoms. The summed E-state index contributed by atoms with van der Waals surface area (Å²) in [5, 5.41) is 4.41. The van der Waals surface area contributed by atoms with E-state index < -0.39 is 0 Å². The molecule has 0 aliphatic rings. The van der Waals surface area contributed by atoms with E-state index in [-0.39, 0.29) is 17.9 Å². The van der Waals surface area contributed by atoms with Crippen molar-refractivity contribution in [3.05, 3.63) is 73.8 Å². The van der Waals surface area contributed by atoms with Crippen molar-refractivity contribution in [1.29, 1.82) is 0 Å². The highest BCUT2D eigenvalue weighted by Gasteiger charge is 2.16. The number of hydrogen-bond donors (Lipinski definition) is 0. The van der Waals surface area contributed by atoms with Gasteiger partial charge in [-0.2, -0.15) is 0 Å². The van der Waals surface area contributed by atoms with Gasteiger partial charge in [-0.1, -0.05) is 24.3 Å². The molecule has 0 atom stereocenters. The number of aryl methyl sites for hydroxylation is 2. The highest BCUT2D eigenvalue weighted by molar-refractivity contribution is 7.17. The molecule has 3 heterocycles. The van der Waals surface area contributed by atoms with E-state index in [1.165, 1.54) is 44.7 Å². The minimum Gasteiger partial charge on any atom is -0.291 e. The van der Waals surface area contributed by atoms with Crippen molar-refractivity contribution in [2.75, 3.05) is 0 Å². The fourth-order valence-electron chi connectivity index (χ4n) is 2.87. The summed E-state index contributed by atoms with van der Waals surface area (Å²) in [6, 6.07) is 9.78. The molecule has 0 fully saturated rings. The first-order valence-electron chi connectivity index (χ1n) is 8.15. The van der Waals surface area contributed by atoms with Crippen LogP contribution in [0.15, 0.2) is 52.2 Å². The molecule has 4 rings (SSSR count). The lowest BCUT2D eigenvalue weighted by molar-refractivity contribution is 0.0974. The second kappa shape index (κ2) is 6.63. The summed E-state index contributed by atoms with van der Waals surface area (Å²) in [6.45, 7) is 4.13. The van der Waals surface area contributed by atoms with E-state index in [0.29, 0.717) is 15.1 Å². The molecule has 0 unspecified atom stereocenters. The molecule has 0 spiro atoms. The number of thiophene rings is 2. The lowest BCUT2D eigenvalue weighted by Gasteiger charge is -2.06. The number of fused-ring (bicyclic) bond motifs is 1. The van der Waals surface area contributed by atoms with Crippen molar-refractivity contribution in [3.63, 3.8) is 0 Å². The lowest BCUT2D eigenvalue weighted by atomic mass is 10.0. The SMILES string of the molecule is Cc1ccc(-c2csc3ncn(CC(=O)c4cccs4)c(=O)c23)cc1C. The normalized spacial score (nSPS) is 11.2. The van der Waals surface area contributed by atoms with Gasteiger partial charge in [0.1, 0.15) is 4.83 Å². The smallest absolute Gasteiger partial charge is 0.263 e. The van der Waals surface area contributed by atoms with E-state index in [9.17, 15) is 9.59 Å². The summed E-state index contributed by atoms with van der Waals surface area (Å²) in [5.41, 5.74) is 4.10. The molecule has 3 aromatic heterocycles. The predicted molar refractivity (Wildman–Crippen MR) is 107 cm³/mol. The van der Waals surface area contributed by atoms with Gasteiger partial charge in [-0.3, -0.25) is 14.2 Å². The quantitative estimate of drug-likeness (QED) is 0.483. The maximum Gasteiger partial charge on any atom is 0.263 e. The van der Waals surface area contributed by atoms with Gasteiger partial charge < -0.3 is 0 Å². The fourth-order valence-corrected chi connectivity index (χ4v) is 4.43. The van der Waals surface area contributed by atoms with E-state index in [0.717, 1.165) is 11.1 Å². The van der Waals surface area contributed by atoms with Crippen LogP contribution in [0.5, 0.6) is 0 Å². The van der Waals surface area contributed by atoms with E-state index in [1.54, 1.807) is 6.07 Å². The fraction of sp³-hybridized carbons (Fsp3) is 0.150. The first-order chi connectivity index (χ1) is 12.5. The molecule has 6 heteroatoms. The molecule has 0 aliphatic carbocycles. The van der Waals surface area contributed by atoms with Gasteiger partial charge in [-0.05, 0) is 42.0 Å². The average molecular weight is 380 g/mol.